The van der Waals surface area contributed by atoms with Crippen LogP contribution in [0.15, 0.2) is 24.3 Å². The van der Waals surface area contributed by atoms with Crippen molar-refractivity contribution in [2.45, 2.75) is 6.42 Å². The Labute approximate surface area is 88.1 Å². The van der Waals surface area contributed by atoms with E-state index in [2.05, 4.69) is 0 Å². The summed E-state index contributed by atoms with van der Waals surface area (Å²) >= 11 is 0. The van der Waals surface area contributed by atoms with Crippen LogP contribution in [-0.2, 0) is 16.0 Å². The maximum atomic E-state index is 11.0. The maximum Gasteiger partial charge on any atom is 0.372 e. The van der Waals surface area contributed by atoms with Gasteiger partial charge in [0, 0.05) is 26.2 Å². The molecule has 0 radical (unpaired) electrons. The lowest BCUT2D eigenvalue weighted by Crippen LogP contribution is -2.15. The molecule has 0 saturated carbocycles. The van der Waals surface area contributed by atoms with Crippen LogP contribution in [-0.4, -0.2) is 31.0 Å². The van der Waals surface area contributed by atoms with Crippen molar-refractivity contribution < 1.29 is 14.7 Å². The molecule has 1 aromatic carbocycles. The summed E-state index contributed by atoms with van der Waals surface area (Å²) in [5.41, 5.74) is 1.67. The lowest BCUT2D eigenvalue weighted by molar-refractivity contribution is -0.148. The molecule has 0 aliphatic carbocycles. The number of benzene rings is 1. The standard InChI is InChI=1S/C11H13NO3/c1-12(2)9-5-3-4-8(6-9)7-10(13)11(14)15/h3-6H,7H2,1-2H3,(H,14,15). The van der Waals surface area contributed by atoms with Crippen LogP contribution in [0.5, 0.6) is 0 Å². The fourth-order valence-corrected chi connectivity index (χ4v) is 1.21. The Bertz CT molecular complexity index is 385. The molecule has 1 aromatic rings. The first-order valence-corrected chi connectivity index (χ1v) is 4.53. The van der Waals surface area contributed by atoms with Crippen molar-refractivity contribution in [2.24, 2.45) is 0 Å². The highest BCUT2D eigenvalue weighted by atomic mass is 16.4. The van der Waals surface area contributed by atoms with Crippen LogP contribution in [0.2, 0.25) is 0 Å². The highest BCUT2D eigenvalue weighted by Crippen LogP contribution is 2.13. The van der Waals surface area contributed by atoms with Crippen LogP contribution in [0.4, 0.5) is 5.69 Å². The summed E-state index contributed by atoms with van der Waals surface area (Å²) < 4.78 is 0. The summed E-state index contributed by atoms with van der Waals surface area (Å²) in [6.45, 7) is 0. The molecule has 4 heteroatoms. The number of carbonyl (C=O) groups excluding carboxylic acids is 1. The van der Waals surface area contributed by atoms with Gasteiger partial charge in [0.05, 0.1) is 0 Å². The lowest BCUT2D eigenvalue weighted by Gasteiger charge is -2.12. The fraction of sp³-hybridized carbons (Fsp3) is 0.273. The number of carboxylic acid groups (broad SMARTS) is 1. The van der Waals surface area contributed by atoms with Gasteiger partial charge in [-0.1, -0.05) is 12.1 Å². The molecule has 4 nitrogen and oxygen atoms in total. The summed E-state index contributed by atoms with van der Waals surface area (Å²) in [6, 6.07) is 7.25. The van der Waals surface area contributed by atoms with Gasteiger partial charge in [-0.2, -0.15) is 0 Å². The quantitative estimate of drug-likeness (QED) is 0.747. The van der Waals surface area contributed by atoms with Gasteiger partial charge >= 0.3 is 5.97 Å². The van der Waals surface area contributed by atoms with Crippen LogP contribution in [0, 0.1) is 0 Å². The van der Waals surface area contributed by atoms with Gasteiger partial charge in [0.25, 0.3) is 0 Å². The molecular weight excluding hydrogens is 194 g/mol. The number of carbonyl (C=O) groups is 2. The lowest BCUT2D eigenvalue weighted by atomic mass is 10.1. The van der Waals surface area contributed by atoms with Gasteiger partial charge in [-0.05, 0) is 17.7 Å². The van der Waals surface area contributed by atoms with E-state index in [1.807, 2.05) is 25.1 Å². The Kier molecular flexibility index (Phi) is 3.44. The van der Waals surface area contributed by atoms with Crippen molar-refractivity contribution in [2.75, 3.05) is 19.0 Å². The number of ketones is 1. The molecule has 0 unspecified atom stereocenters. The molecule has 0 amide bonds. The maximum absolute atomic E-state index is 11.0. The SMILES string of the molecule is CN(C)c1cccc(CC(=O)C(=O)O)c1. The zero-order valence-electron chi connectivity index (χ0n) is 8.73. The zero-order valence-corrected chi connectivity index (χ0v) is 8.73. The first kappa shape index (κ1) is 11.2. The first-order chi connectivity index (χ1) is 7.00. The molecule has 1 rings (SSSR count). The van der Waals surface area contributed by atoms with Gasteiger partial charge in [0.1, 0.15) is 0 Å². The highest BCUT2D eigenvalue weighted by Gasteiger charge is 2.12. The Morgan fingerprint density at radius 1 is 1.33 bits per heavy atom. The van der Waals surface area contributed by atoms with E-state index in [0.717, 1.165) is 5.69 Å². The minimum Gasteiger partial charge on any atom is -0.475 e. The molecule has 0 atom stereocenters. The predicted octanol–water partition coefficient (Wildman–Crippen LogP) is 0.949. The number of rotatable bonds is 4. The molecule has 80 valence electrons. The summed E-state index contributed by atoms with van der Waals surface area (Å²) in [4.78, 5) is 23.2. The number of Topliss-reactive ketones (excluding diaryl/α,β-unsaturated/α-hetero) is 1. The molecular formula is C11H13NO3. The van der Waals surface area contributed by atoms with Crippen LogP contribution in [0.3, 0.4) is 0 Å². The van der Waals surface area contributed by atoms with Gasteiger partial charge < -0.3 is 10.0 Å². The fourth-order valence-electron chi connectivity index (χ4n) is 1.21. The van der Waals surface area contributed by atoms with E-state index in [0.29, 0.717) is 5.56 Å². The summed E-state index contributed by atoms with van der Waals surface area (Å²) in [5.74, 6) is -2.17. The number of nitrogens with zero attached hydrogens (tertiary/aromatic N) is 1. The van der Waals surface area contributed by atoms with E-state index in [1.54, 1.807) is 18.2 Å². The van der Waals surface area contributed by atoms with Gasteiger partial charge in [-0.3, -0.25) is 4.79 Å². The minimum atomic E-state index is -1.38. The molecule has 0 saturated heterocycles. The normalized spacial score (nSPS) is 9.73. The van der Waals surface area contributed by atoms with E-state index in [-0.39, 0.29) is 6.42 Å². The number of hydrogen-bond acceptors (Lipinski definition) is 3. The monoisotopic (exact) mass is 207 g/mol. The molecule has 0 heterocycles. The van der Waals surface area contributed by atoms with Crippen molar-refractivity contribution in [3.63, 3.8) is 0 Å². The van der Waals surface area contributed by atoms with Gasteiger partial charge in [0.15, 0.2) is 0 Å². The average Bonchev–Trinajstić information content (AvgIpc) is 2.18. The third-order valence-electron chi connectivity index (χ3n) is 2.03. The molecule has 0 spiro atoms. The molecule has 15 heavy (non-hydrogen) atoms. The van der Waals surface area contributed by atoms with Crippen molar-refractivity contribution in [3.05, 3.63) is 29.8 Å². The predicted molar refractivity (Wildman–Crippen MR) is 57.1 cm³/mol. The average molecular weight is 207 g/mol. The van der Waals surface area contributed by atoms with Gasteiger partial charge in [-0.25, -0.2) is 4.79 Å². The van der Waals surface area contributed by atoms with Crippen molar-refractivity contribution in [1.82, 2.24) is 0 Å². The van der Waals surface area contributed by atoms with Crippen LogP contribution < -0.4 is 4.90 Å². The molecule has 0 fully saturated rings. The smallest absolute Gasteiger partial charge is 0.372 e. The summed E-state index contributed by atoms with van der Waals surface area (Å²) in [5, 5.41) is 8.46. The minimum absolute atomic E-state index is 0.0585. The van der Waals surface area contributed by atoms with Crippen molar-refractivity contribution in [1.29, 1.82) is 0 Å². The highest BCUT2D eigenvalue weighted by molar-refractivity contribution is 6.33. The van der Waals surface area contributed by atoms with Crippen LogP contribution in [0.25, 0.3) is 0 Å². The van der Waals surface area contributed by atoms with E-state index in [4.69, 9.17) is 5.11 Å². The largest absolute Gasteiger partial charge is 0.475 e. The van der Waals surface area contributed by atoms with E-state index in [1.165, 1.54) is 0 Å². The third kappa shape index (κ3) is 3.09. The molecule has 0 aromatic heterocycles. The zero-order chi connectivity index (χ0) is 11.4. The summed E-state index contributed by atoms with van der Waals surface area (Å²) in [6.07, 6.45) is -0.0585. The third-order valence-corrected chi connectivity index (χ3v) is 2.03. The van der Waals surface area contributed by atoms with Crippen LogP contribution >= 0.6 is 0 Å². The second-order valence-electron chi connectivity index (χ2n) is 3.47. The number of anilines is 1. The Morgan fingerprint density at radius 3 is 2.53 bits per heavy atom. The van der Waals surface area contributed by atoms with E-state index >= 15 is 0 Å². The summed E-state index contributed by atoms with van der Waals surface area (Å²) in [7, 11) is 3.77. The topological polar surface area (TPSA) is 57.6 Å². The van der Waals surface area contributed by atoms with E-state index < -0.39 is 11.8 Å². The van der Waals surface area contributed by atoms with Crippen molar-refractivity contribution >= 4 is 17.4 Å². The number of carboxylic acids is 1. The van der Waals surface area contributed by atoms with Gasteiger partial charge in [0.2, 0.25) is 5.78 Å². The van der Waals surface area contributed by atoms with Gasteiger partial charge in [-0.15, -0.1) is 0 Å². The number of aliphatic carboxylic acids is 1. The Balaban J connectivity index is 2.82. The molecule has 0 aliphatic heterocycles. The van der Waals surface area contributed by atoms with Crippen molar-refractivity contribution in [3.8, 4) is 0 Å². The molecule has 0 bridgehead atoms. The molecule has 1 N–H and O–H groups in total. The Hall–Kier alpha value is -1.84. The number of hydrogen-bond donors (Lipinski definition) is 1. The van der Waals surface area contributed by atoms with Crippen LogP contribution in [0.1, 0.15) is 5.56 Å². The second-order valence-corrected chi connectivity index (χ2v) is 3.47. The second kappa shape index (κ2) is 4.59. The molecule has 0 aliphatic rings. The first-order valence-electron chi connectivity index (χ1n) is 4.53. The Morgan fingerprint density at radius 2 is 2.00 bits per heavy atom. The van der Waals surface area contributed by atoms with E-state index in [9.17, 15) is 9.59 Å².